The lowest BCUT2D eigenvalue weighted by Gasteiger charge is -2.49. The number of cyclic esters (lactones) is 1. The number of ether oxygens (including phenoxy) is 6. The third-order valence-electron chi connectivity index (χ3n) is 12.6. The Kier molecular flexibility index (Phi) is 18.2. The Bertz CT molecular complexity index is 1290. The van der Waals surface area contributed by atoms with Gasteiger partial charge in [-0.2, -0.15) is 0 Å². The van der Waals surface area contributed by atoms with Crippen molar-refractivity contribution < 1.29 is 63.6 Å². The summed E-state index contributed by atoms with van der Waals surface area (Å²) in [6, 6.07) is -0.313. The van der Waals surface area contributed by atoms with Gasteiger partial charge in [0.1, 0.15) is 30.5 Å². The van der Waals surface area contributed by atoms with Gasteiger partial charge in [-0.1, -0.05) is 39.8 Å². The summed E-state index contributed by atoms with van der Waals surface area (Å²) in [5.41, 5.74) is -4.33. The standard InChI is InChI=1S/C41H77N3O13/c1-15-29-41(11,50)34(46)24(5)31(43-52-18-17-42-16-2)22(3)20-39(9,49)36(57-38-32(45)28(44(12)13)19-23(4)53-38)25(6)33(26(7)37(48)55-29)56-30-21-40(10,51-14)35(47)27(8)54-30/h22-30,32-36,38,42,45-47,49-50H,15-21H2,1-14H3/b43-31+/t22-,23-,24+,25+,26-,27+,28+,29-,30+,32-,33+,34-,35+,36?,38+,39-,40-,41-/m1/s1. The lowest BCUT2D eigenvalue weighted by atomic mass is 9.73. The molecular formula is C41H77N3O13. The first kappa shape index (κ1) is 49.8. The van der Waals surface area contributed by atoms with Crippen LogP contribution >= 0.6 is 0 Å². The van der Waals surface area contributed by atoms with Crippen molar-refractivity contribution in [2.75, 3.05) is 40.9 Å². The van der Waals surface area contributed by atoms with E-state index in [1.807, 2.05) is 39.8 Å². The third kappa shape index (κ3) is 11.9. The van der Waals surface area contributed by atoms with E-state index in [2.05, 4.69) is 10.5 Å². The molecule has 0 bridgehead atoms. The molecule has 1 unspecified atom stereocenters. The second-order valence-corrected chi connectivity index (χ2v) is 17.8. The van der Waals surface area contributed by atoms with E-state index in [1.54, 1.807) is 48.5 Å². The van der Waals surface area contributed by atoms with Crippen molar-refractivity contribution in [2.45, 2.75) is 186 Å². The summed E-state index contributed by atoms with van der Waals surface area (Å²) >= 11 is 0. The highest BCUT2D eigenvalue weighted by Gasteiger charge is 2.53. The van der Waals surface area contributed by atoms with Crippen molar-refractivity contribution in [1.82, 2.24) is 10.2 Å². The van der Waals surface area contributed by atoms with Crippen LogP contribution in [0.2, 0.25) is 0 Å². The zero-order chi connectivity index (χ0) is 43.2. The number of aliphatic hydroxyl groups excluding tert-OH is 3. The largest absolute Gasteiger partial charge is 0.459 e. The van der Waals surface area contributed by atoms with E-state index in [0.717, 1.165) is 6.54 Å². The number of hydrogen-bond acceptors (Lipinski definition) is 16. The number of esters is 1. The van der Waals surface area contributed by atoms with E-state index in [9.17, 15) is 30.3 Å². The summed E-state index contributed by atoms with van der Waals surface area (Å²) < 4.78 is 37.7. The fourth-order valence-electron chi connectivity index (χ4n) is 9.01. The molecule has 57 heavy (non-hydrogen) atoms. The topological polar surface area (TPSA) is 210 Å². The van der Waals surface area contributed by atoms with Gasteiger partial charge >= 0.3 is 5.97 Å². The smallest absolute Gasteiger partial charge is 0.311 e. The normalized spacial score (nSPS) is 46.4. The predicted molar refractivity (Wildman–Crippen MR) is 213 cm³/mol. The number of rotatable bonds is 12. The molecule has 0 aromatic rings. The Morgan fingerprint density at radius 2 is 1.58 bits per heavy atom. The van der Waals surface area contributed by atoms with E-state index in [1.165, 1.54) is 14.0 Å². The quantitative estimate of drug-likeness (QED) is 0.0948. The molecule has 16 heteroatoms. The van der Waals surface area contributed by atoms with Crippen molar-refractivity contribution in [3.8, 4) is 0 Å². The molecule has 6 N–H and O–H groups in total. The monoisotopic (exact) mass is 820 g/mol. The van der Waals surface area contributed by atoms with Crippen LogP contribution in [0, 0.1) is 23.7 Å². The Morgan fingerprint density at radius 1 is 0.930 bits per heavy atom. The first-order chi connectivity index (χ1) is 26.5. The molecule has 3 saturated heterocycles. The van der Waals surface area contributed by atoms with Crippen molar-refractivity contribution >= 4 is 11.7 Å². The number of hydrogen-bond donors (Lipinski definition) is 6. The molecule has 0 aromatic carbocycles. The van der Waals surface area contributed by atoms with Gasteiger partial charge in [0.05, 0.1) is 53.4 Å². The summed E-state index contributed by atoms with van der Waals surface area (Å²) in [4.78, 5) is 22.0. The van der Waals surface area contributed by atoms with Crippen molar-refractivity contribution in [3.63, 3.8) is 0 Å². The summed E-state index contributed by atoms with van der Waals surface area (Å²) in [5, 5.41) is 66.8. The second kappa shape index (κ2) is 20.8. The molecule has 3 rings (SSSR count). The molecule has 0 radical (unpaired) electrons. The maximum absolute atomic E-state index is 14.3. The first-order valence-electron chi connectivity index (χ1n) is 20.9. The number of carbonyl (C=O) groups is 1. The minimum absolute atomic E-state index is 0.0136. The van der Waals surface area contributed by atoms with Crippen LogP contribution in [0.3, 0.4) is 0 Å². The predicted octanol–water partition coefficient (Wildman–Crippen LogP) is 2.20. The Labute approximate surface area is 340 Å². The average Bonchev–Trinajstić information content (AvgIpc) is 3.14. The fourth-order valence-corrected chi connectivity index (χ4v) is 9.01. The van der Waals surface area contributed by atoms with E-state index >= 15 is 0 Å². The number of methoxy groups -OCH3 is 1. The maximum Gasteiger partial charge on any atom is 0.311 e. The van der Waals surface area contributed by atoms with Crippen molar-refractivity contribution in [3.05, 3.63) is 0 Å². The highest BCUT2D eigenvalue weighted by Crippen LogP contribution is 2.41. The number of nitrogens with zero attached hydrogens (tertiary/aromatic N) is 2. The molecule has 0 spiro atoms. The minimum atomic E-state index is -1.93. The molecular weight excluding hydrogens is 742 g/mol. The van der Waals surface area contributed by atoms with Crippen LogP contribution in [0.15, 0.2) is 5.16 Å². The molecule has 18 atom stereocenters. The number of oxime groups is 1. The SMILES string of the molecule is CCNCCO/N=C1\[C@H](C)C[C@@](C)(O)C(O[C@@H]2O[C@H](C)C[C@H](N(C)C)[C@H]2O)[C@@H](C)[C@H](O[C@H]2C[C@@](C)(OC)[C@@H](O)[C@H](C)O2)[C@@H](C)C(=O)O[C@H](CC)[C@@](C)(O)[C@H](O)[C@H]1C. The van der Waals surface area contributed by atoms with Gasteiger partial charge in [-0.3, -0.25) is 4.79 Å². The van der Waals surface area contributed by atoms with Crippen LogP contribution in [-0.2, 0) is 38.1 Å². The molecule has 3 heterocycles. The molecule has 3 aliphatic heterocycles. The van der Waals surface area contributed by atoms with Gasteiger partial charge in [0.2, 0.25) is 0 Å². The Balaban J connectivity index is 2.23. The molecule has 3 aliphatic rings. The number of nitrogens with one attached hydrogen (secondary N) is 1. The second-order valence-electron chi connectivity index (χ2n) is 17.8. The lowest BCUT2D eigenvalue weighted by Crippen LogP contribution is -2.61. The lowest BCUT2D eigenvalue weighted by molar-refractivity contribution is -0.317. The van der Waals surface area contributed by atoms with Gasteiger partial charge in [0.25, 0.3) is 0 Å². The molecule has 0 aromatic heterocycles. The summed E-state index contributed by atoms with van der Waals surface area (Å²) in [6.45, 7) is 20.6. The number of aliphatic hydroxyl groups is 5. The molecule has 3 fully saturated rings. The highest BCUT2D eigenvalue weighted by atomic mass is 16.7. The van der Waals surface area contributed by atoms with Crippen molar-refractivity contribution in [2.24, 2.45) is 28.8 Å². The van der Waals surface area contributed by atoms with Gasteiger partial charge in [-0.15, -0.1) is 0 Å². The van der Waals surface area contributed by atoms with E-state index < -0.39 is 102 Å². The van der Waals surface area contributed by atoms with Crippen molar-refractivity contribution in [1.29, 1.82) is 0 Å². The fraction of sp³-hybridized carbons (Fsp3) is 0.951. The zero-order valence-corrected chi connectivity index (χ0v) is 37.0. The Hall–Kier alpha value is -1.54. The third-order valence-corrected chi connectivity index (χ3v) is 12.6. The van der Waals surface area contributed by atoms with Gasteiger partial charge in [-0.25, -0.2) is 0 Å². The molecule has 0 amide bonds. The van der Waals surface area contributed by atoms with E-state index in [0.29, 0.717) is 18.7 Å². The van der Waals surface area contributed by atoms with Gasteiger partial charge in [0, 0.05) is 43.9 Å². The highest BCUT2D eigenvalue weighted by molar-refractivity contribution is 5.88. The molecule has 334 valence electrons. The number of likely N-dealkylation sites (N-methyl/N-ethyl adjacent to an activating group) is 2. The van der Waals surface area contributed by atoms with Gasteiger partial charge in [0.15, 0.2) is 12.6 Å². The maximum atomic E-state index is 14.3. The first-order valence-corrected chi connectivity index (χ1v) is 20.9. The van der Waals surface area contributed by atoms with Crippen LogP contribution in [0.5, 0.6) is 0 Å². The van der Waals surface area contributed by atoms with Crippen LogP contribution in [0.1, 0.15) is 102 Å². The Morgan fingerprint density at radius 3 is 2.16 bits per heavy atom. The molecule has 16 nitrogen and oxygen atoms in total. The molecule has 0 aliphatic carbocycles. The zero-order valence-electron chi connectivity index (χ0n) is 37.0. The van der Waals surface area contributed by atoms with Crippen LogP contribution < -0.4 is 5.32 Å². The van der Waals surface area contributed by atoms with E-state index in [4.69, 9.17) is 33.3 Å². The van der Waals surface area contributed by atoms with Crippen LogP contribution in [0.25, 0.3) is 0 Å². The summed E-state index contributed by atoms with van der Waals surface area (Å²) in [7, 11) is 5.24. The summed E-state index contributed by atoms with van der Waals surface area (Å²) in [6.07, 6.45) is -9.19. The van der Waals surface area contributed by atoms with Crippen LogP contribution in [-0.4, -0.2) is 167 Å². The summed E-state index contributed by atoms with van der Waals surface area (Å²) in [5.74, 6) is -3.96. The minimum Gasteiger partial charge on any atom is -0.459 e. The van der Waals surface area contributed by atoms with E-state index in [-0.39, 0.29) is 38.0 Å². The van der Waals surface area contributed by atoms with Gasteiger partial charge in [-0.05, 0) is 81.4 Å². The average molecular weight is 820 g/mol. The number of carbonyl (C=O) groups excluding carboxylic acids is 1. The molecule has 0 saturated carbocycles. The van der Waals surface area contributed by atoms with Crippen LogP contribution in [0.4, 0.5) is 0 Å². The van der Waals surface area contributed by atoms with Gasteiger partial charge < -0.3 is 69.0 Å².